The first kappa shape index (κ1) is 16.2. The molecule has 2 unspecified atom stereocenters. The van der Waals surface area contributed by atoms with E-state index < -0.39 is 11.4 Å². The Balaban J connectivity index is 2.05. The summed E-state index contributed by atoms with van der Waals surface area (Å²) < 4.78 is 19.1. The zero-order valence-electron chi connectivity index (χ0n) is 12.9. The molecule has 0 fully saturated rings. The van der Waals surface area contributed by atoms with Crippen LogP contribution < -0.4 is 5.32 Å². The molecule has 0 aliphatic carbocycles. The SMILES string of the molecule is Cc1ccc(C(C)(O)CNC(C)c2ccc(C#N)c(F)c2)o1. The van der Waals surface area contributed by atoms with E-state index >= 15 is 0 Å². The van der Waals surface area contributed by atoms with E-state index in [0.717, 1.165) is 5.76 Å². The molecule has 0 bridgehead atoms. The minimum atomic E-state index is -1.16. The fraction of sp³-hybridized carbons (Fsp3) is 0.353. The molecular weight excluding hydrogens is 283 g/mol. The summed E-state index contributed by atoms with van der Waals surface area (Å²) in [4.78, 5) is 0. The zero-order valence-corrected chi connectivity index (χ0v) is 12.9. The lowest BCUT2D eigenvalue weighted by Gasteiger charge is -2.24. The minimum Gasteiger partial charge on any atom is -0.463 e. The Morgan fingerprint density at radius 2 is 2.14 bits per heavy atom. The quantitative estimate of drug-likeness (QED) is 0.890. The van der Waals surface area contributed by atoms with Gasteiger partial charge in [-0.3, -0.25) is 0 Å². The van der Waals surface area contributed by atoms with Gasteiger partial charge >= 0.3 is 0 Å². The van der Waals surface area contributed by atoms with E-state index in [0.29, 0.717) is 11.3 Å². The predicted molar refractivity (Wildman–Crippen MR) is 80.5 cm³/mol. The van der Waals surface area contributed by atoms with Gasteiger partial charge in [0, 0.05) is 12.6 Å². The van der Waals surface area contributed by atoms with E-state index in [-0.39, 0.29) is 18.2 Å². The number of aryl methyl sites for hydroxylation is 1. The van der Waals surface area contributed by atoms with Gasteiger partial charge in [-0.15, -0.1) is 0 Å². The smallest absolute Gasteiger partial charge is 0.141 e. The van der Waals surface area contributed by atoms with Crippen LogP contribution in [0.5, 0.6) is 0 Å². The van der Waals surface area contributed by atoms with E-state index in [9.17, 15) is 9.50 Å². The Kier molecular flexibility index (Phi) is 4.65. The molecule has 0 radical (unpaired) electrons. The second-order valence-electron chi connectivity index (χ2n) is 5.64. The number of hydrogen-bond donors (Lipinski definition) is 2. The van der Waals surface area contributed by atoms with Gasteiger partial charge in [-0.1, -0.05) is 6.07 Å². The molecule has 22 heavy (non-hydrogen) atoms. The summed E-state index contributed by atoms with van der Waals surface area (Å²) >= 11 is 0. The van der Waals surface area contributed by atoms with Crippen molar-refractivity contribution in [1.82, 2.24) is 5.32 Å². The van der Waals surface area contributed by atoms with Gasteiger partial charge in [0.25, 0.3) is 0 Å². The lowest BCUT2D eigenvalue weighted by molar-refractivity contribution is 0.0313. The van der Waals surface area contributed by atoms with Gasteiger partial charge in [0.05, 0.1) is 5.56 Å². The molecule has 1 aromatic heterocycles. The Labute approximate surface area is 129 Å². The molecule has 0 spiro atoms. The molecule has 5 heteroatoms. The number of nitrogens with zero attached hydrogens (tertiary/aromatic N) is 1. The van der Waals surface area contributed by atoms with Crippen LogP contribution in [0.15, 0.2) is 34.7 Å². The van der Waals surface area contributed by atoms with Crippen LogP contribution in [0.25, 0.3) is 0 Å². The molecule has 0 amide bonds. The number of halogens is 1. The van der Waals surface area contributed by atoms with E-state index in [4.69, 9.17) is 9.68 Å². The number of nitrogens with one attached hydrogen (secondary N) is 1. The summed E-state index contributed by atoms with van der Waals surface area (Å²) in [5.74, 6) is 0.676. The van der Waals surface area contributed by atoms with Crippen LogP contribution in [0.2, 0.25) is 0 Å². The molecule has 116 valence electrons. The van der Waals surface area contributed by atoms with Crippen molar-refractivity contribution in [1.29, 1.82) is 5.26 Å². The molecule has 2 N–H and O–H groups in total. The third kappa shape index (κ3) is 3.53. The van der Waals surface area contributed by atoms with Crippen molar-refractivity contribution in [3.05, 3.63) is 58.8 Å². The van der Waals surface area contributed by atoms with Crippen molar-refractivity contribution in [2.75, 3.05) is 6.54 Å². The van der Waals surface area contributed by atoms with Crippen LogP contribution in [-0.2, 0) is 5.60 Å². The lowest BCUT2D eigenvalue weighted by atomic mass is 10.0. The van der Waals surface area contributed by atoms with Gasteiger partial charge in [0.2, 0.25) is 0 Å². The summed E-state index contributed by atoms with van der Waals surface area (Å²) in [6, 6.07) is 9.64. The topological polar surface area (TPSA) is 69.2 Å². The highest BCUT2D eigenvalue weighted by Gasteiger charge is 2.27. The van der Waals surface area contributed by atoms with Gasteiger partial charge in [0.15, 0.2) is 0 Å². The molecule has 1 heterocycles. The summed E-state index contributed by atoms with van der Waals surface area (Å²) in [5.41, 5.74) is -0.426. The van der Waals surface area contributed by atoms with Crippen LogP contribution in [-0.4, -0.2) is 11.7 Å². The molecule has 0 aliphatic rings. The Hall–Kier alpha value is -2.16. The van der Waals surface area contributed by atoms with Gasteiger partial charge in [-0.05, 0) is 50.6 Å². The monoisotopic (exact) mass is 302 g/mol. The highest BCUT2D eigenvalue weighted by Crippen LogP contribution is 2.23. The summed E-state index contributed by atoms with van der Waals surface area (Å²) in [7, 11) is 0. The molecule has 0 aliphatic heterocycles. The maximum absolute atomic E-state index is 13.6. The van der Waals surface area contributed by atoms with Gasteiger partial charge in [-0.2, -0.15) is 5.26 Å². The Morgan fingerprint density at radius 3 is 2.68 bits per heavy atom. The van der Waals surface area contributed by atoms with Crippen LogP contribution >= 0.6 is 0 Å². The summed E-state index contributed by atoms with van der Waals surface area (Å²) in [6.45, 7) is 5.59. The van der Waals surface area contributed by atoms with Gasteiger partial charge in [0.1, 0.15) is 29.0 Å². The van der Waals surface area contributed by atoms with Crippen molar-refractivity contribution >= 4 is 0 Å². The van der Waals surface area contributed by atoms with E-state index in [1.165, 1.54) is 12.1 Å². The molecule has 0 saturated carbocycles. The Bertz CT molecular complexity index is 701. The average molecular weight is 302 g/mol. The first-order chi connectivity index (χ1) is 10.3. The number of hydrogen-bond acceptors (Lipinski definition) is 4. The fourth-order valence-corrected chi connectivity index (χ4v) is 2.17. The van der Waals surface area contributed by atoms with Crippen LogP contribution in [0, 0.1) is 24.1 Å². The first-order valence-corrected chi connectivity index (χ1v) is 7.05. The third-order valence-electron chi connectivity index (χ3n) is 3.64. The molecule has 0 saturated heterocycles. The predicted octanol–water partition coefficient (Wildman–Crippen LogP) is 3.16. The molecule has 4 nitrogen and oxygen atoms in total. The van der Waals surface area contributed by atoms with E-state index in [1.54, 1.807) is 31.2 Å². The number of rotatable bonds is 5. The summed E-state index contributed by atoms with van der Waals surface area (Å²) in [6.07, 6.45) is 0. The van der Waals surface area contributed by atoms with Gasteiger partial charge < -0.3 is 14.8 Å². The van der Waals surface area contributed by atoms with Crippen LogP contribution in [0.4, 0.5) is 4.39 Å². The molecule has 2 aromatic rings. The number of nitriles is 1. The van der Waals surface area contributed by atoms with Crippen molar-refractivity contribution < 1.29 is 13.9 Å². The van der Waals surface area contributed by atoms with Crippen molar-refractivity contribution in [3.8, 4) is 6.07 Å². The highest BCUT2D eigenvalue weighted by molar-refractivity contribution is 5.34. The largest absolute Gasteiger partial charge is 0.463 e. The first-order valence-electron chi connectivity index (χ1n) is 7.05. The lowest BCUT2D eigenvalue weighted by Crippen LogP contribution is -2.36. The third-order valence-corrected chi connectivity index (χ3v) is 3.64. The van der Waals surface area contributed by atoms with Crippen molar-refractivity contribution in [2.24, 2.45) is 0 Å². The Morgan fingerprint density at radius 1 is 1.41 bits per heavy atom. The molecular formula is C17H19FN2O2. The van der Waals surface area contributed by atoms with E-state index in [1.807, 2.05) is 13.8 Å². The maximum atomic E-state index is 13.6. The second-order valence-corrected chi connectivity index (χ2v) is 5.64. The normalized spacial score (nSPS) is 15.1. The van der Waals surface area contributed by atoms with E-state index in [2.05, 4.69) is 5.32 Å². The number of benzene rings is 1. The van der Waals surface area contributed by atoms with Crippen LogP contribution in [0.3, 0.4) is 0 Å². The molecule has 1 aromatic carbocycles. The van der Waals surface area contributed by atoms with Crippen LogP contribution in [0.1, 0.15) is 42.5 Å². The maximum Gasteiger partial charge on any atom is 0.141 e. The second kappa shape index (κ2) is 6.30. The standard InChI is InChI=1S/C17H19FN2O2/c1-11-4-7-16(22-11)17(3,21)10-20-12(2)13-5-6-14(9-19)15(18)8-13/h4-8,12,20-21H,10H2,1-3H3. The molecule has 2 rings (SSSR count). The number of aliphatic hydroxyl groups is 1. The van der Waals surface area contributed by atoms with Gasteiger partial charge in [-0.25, -0.2) is 4.39 Å². The fourth-order valence-electron chi connectivity index (χ4n) is 2.17. The zero-order chi connectivity index (χ0) is 16.3. The number of furan rings is 1. The van der Waals surface area contributed by atoms with Crippen molar-refractivity contribution in [3.63, 3.8) is 0 Å². The summed E-state index contributed by atoms with van der Waals surface area (Å²) in [5, 5.41) is 22.3. The minimum absolute atomic E-state index is 0.0222. The highest BCUT2D eigenvalue weighted by atomic mass is 19.1. The van der Waals surface area contributed by atoms with Crippen molar-refractivity contribution in [2.45, 2.75) is 32.4 Å². The molecule has 2 atom stereocenters. The average Bonchev–Trinajstić information content (AvgIpc) is 2.92.